The summed E-state index contributed by atoms with van der Waals surface area (Å²) in [5, 5.41) is 8.13. The van der Waals surface area contributed by atoms with Gasteiger partial charge in [-0.1, -0.05) is 17.7 Å². The first-order valence-corrected chi connectivity index (χ1v) is 5.47. The summed E-state index contributed by atoms with van der Waals surface area (Å²) in [6.45, 7) is 2.24. The fourth-order valence-electron chi connectivity index (χ4n) is 1.41. The lowest BCUT2D eigenvalue weighted by atomic mass is 10.2. The number of nitrogens with zero attached hydrogens (tertiary/aromatic N) is 2. The molecule has 2 aromatic rings. The van der Waals surface area contributed by atoms with E-state index in [4.69, 9.17) is 26.5 Å². The molecule has 2 N–H and O–H groups in total. The Morgan fingerprint density at radius 1 is 1.41 bits per heavy atom. The number of aryl methyl sites for hydroxylation is 1. The van der Waals surface area contributed by atoms with E-state index in [0.717, 1.165) is 5.56 Å². The molecule has 1 aromatic heterocycles. The molecular formula is C11H12ClN3O2. The molecule has 1 heterocycles. The SMILES string of the molecule is Cc1nnc(COc2cccc(Cl)c2CN)o1. The molecule has 6 heteroatoms. The van der Waals surface area contributed by atoms with E-state index in [1.54, 1.807) is 25.1 Å². The lowest BCUT2D eigenvalue weighted by Gasteiger charge is -2.09. The maximum absolute atomic E-state index is 6.00. The number of aromatic nitrogens is 2. The van der Waals surface area contributed by atoms with E-state index in [-0.39, 0.29) is 6.61 Å². The summed E-state index contributed by atoms with van der Waals surface area (Å²) in [4.78, 5) is 0. The Balaban J connectivity index is 2.11. The molecule has 0 atom stereocenters. The predicted octanol–water partition coefficient (Wildman–Crippen LogP) is 2.07. The molecule has 2 rings (SSSR count). The second kappa shape index (κ2) is 5.16. The van der Waals surface area contributed by atoms with Crippen LogP contribution in [0.2, 0.25) is 5.02 Å². The Hall–Kier alpha value is -1.59. The molecule has 0 amide bonds. The van der Waals surface area contributed by atoms with Gasteiger partial charge in [-0.05, 0) is 12.1 Å². The molecular weight excluding hydrogens is 242 g/mol. The van der Waals surface area contributed by atoms with Crippen LogP contribution in [0.4, 0.5) is 0 Å². The number of hydrogen-bond acceptors (Lipinski definition) is 5. The van der Waals surface area contributed by atoms with Gasteiger partial charge in [0.2, 0.25) is 5.89 Å². The Bertz CT molecular complexity index is 513. The van der Waals surface area contributed by atoms with Crippen LogP contribution >= 0.6 is 11.6 Å². The molecule has 0 radical (unpaired) electrons. The third kappa shape index (κ3) is 2.75. The predicted molar refractivity (Wildman–Crippen MR) is 62.7 cm³/mol. The molecule has 0 spiro atoms. The van der Waals surface area contributed by atoms with Gasteiger partial charge in [0, 0.05) is 24.1 Å². The van der Waals surface area contributed by atoms with E-state index < -0.39 is 0 Å². The van der Waals surface area contributed by atoms with E-state index >= 15 is 0 Å². The standard InChI is InChI=1S/C11H12ClN3O2/c1-7-14-15-11(17-7)6-16-10-4-2-3-9(12)8(10)5-13/h2-4H,5-6,13H2,1H3. The van der Waals surface area contributed by atoms with Crippen molar-refractivity contribution in [1.82, 2.24) is 10.2 Å². The van der Waals surface area contributed by atoms with Crippen molar-refractivity contribution in [2.75, 3.05) is 0 Å². The Kier molecular flexibility index (Phi) is 3.61. The largest absolute Gasteiger partial charge is 0.483 e. The number of rotatable bonds is 4. The first-order chi connectivity index (χ1) is 8.20. The molecule has 0 fully saturated rings. The Morgan fingerprint density at radius 2 is 2.24 bits per heavy atom. The first-order valence-electron chi connectivity index (χ1n) is 5.10. The summed E-state index contributed by atoms with van der Waals surface area (Å²) in [7, 11) is 0. The van der Waals surface area contributed by atoms with E-state index in [9.17, 15) is 0 Å². The van der Waals surface area contributed by atoms with Crippen LogP contribution in [-0.2, 0) is 13.2 Å². The number of hydrogen-bond donors (Lipinski definition) is 1. The van der Waals surface area contributed by atoms with Gasteiger partial charge in [-0.2, -0.15) is 0 Å². The molecule has 1 aromatic carbocycles. The van der Waals surface area contributed by atoms with Crippen molar-refractivity contribution in [1.29, 1.82) is 0 Å². The highest BCUT2D eigenvalue weighted by atomic mass is 35.5. The van der Waals surface area contributed by atoms with Gasteiger partial charge in [0.05, 0.1) is 0 Å². The quantitative estimate of drug-likeness (QED) is 0.903. The fourth-order valence-corrected chi connectivity index (χ4v) is 1.65. The van der Waals surface area contributed by atoms with Crippen LogP contribution in [0.3, 0.4) is 0 Å². The van der Waals surface area contributed by atoms with E-state index in [0.29, 0.717) is 29.1 Å². The highest BCUT2D eigenvalue weighted by molar-refractivity contribution is 6.31. The van der Waals surface area contributed by atoms with E-state index in [1.807, 2.05) is 0 Å². The van der Waals surface area contributed by atoms with Crippen LogP contribution in [0.1, 0.15) is 17.3 Å². The van der Waals surface area contributed by atoms with Gasteiger partial charge in [0.25, 0.3) is 5.89 Å². The zero-order valence-corrected chi connectivity index (χ0v) is 10.1. The van der Waals surface area contributed by atoms with Crippen molar-refractivity contribution in [2.24, 2.45) is 5.73 Å². The maximum Gasteiger partial charge on any atom is 0.253 e. The van der Waals surface area contributed by atoms with Crippen molar-refractivity contribution in [3.05, 3.63) is 40.6 Å². The summed E-state index contributed by atoms with van der Waals surface area (Å²) in [6.07, 6.45) is 0. The zero-order chi connectivity index (χ0) is 12.3. The maximum atomic E-state index is 6.00. The van der Waals surface area contributed by atoms with Gasteiger partial charge in [0.1, 0.15) is 5.75 Å². The molecule has 0 aliphatic carbocycles. The third-order valence-corrected chi connectivity index (χ3v) is 2.55. The average Bonchev–Trinajstić information content (AvgIpc) is 2.72. The average molecular weight is 254 g/mol. The van der Waals surface area contributed by atoms with Gasteiger partial charge in [-0.15, -0.1) is 10.2 Å². The van der Waals surface area contributed by atoms with Crippen LogP contribution in [0.25, 0.3) is 0 Å². The van der Waals surface area contributed by atoms with Gasteiger partial charge < -0.3 is 14.9 Å². The number of nitrogens with two attached hydrogens (primary N) is 1. The summed E-state index contributed by atoms with van der Waals surface area (Å²) in [5.74, 6) is 1.56. The molecule has 90 valence electrons. The monoisotopic (exact) mass is 253 g/mol. The van der Waals surface area contributed by atoms with Crippen LogP contribution < -0.4 is 10.5 Å². The number of halogens is 1. The van der Waals surface area contributed by atoms with Crippen LogP contribution in [-0.4, -0.2) is 10.2 Å². The van der Waals surface area contributed by atoms with Crippen molar-refractivity contribution < 1.29 is 9.15 Å². The smallest absolute Gasteiger partial charge is 0.253 e. The van der Waals surface area contributed by atoms with E-state index in [2.05, 4.69) is 10.2 Å². The van der Waals surface area contributed by atoms with Crippen LogP contribution in [0.5, 0.6) is 5.75 Å². The van der Waals surface area contributed by atoms with Gasteiger partial charge in [-0.25, -0.2) is 0 Å². The molecule has 0 saturated heterocycles. The van der Waals surface area contributed by atoms with Crippen LogP contribution in [0.15, 0.2) is 22.6 Å². The van der Waals surface area contributed by atoms with Gasteiger partial charge in [-0.3, -0.25) is 0 Å². The van der Waals surface area contributed by atoms with Crippen molar-refractivity contribution >= 4 is 11.6 Å². The third-order valence-electron chi connectivity index (χ3n) is 2.20. The minimum absolute atomic E-state index is 0.203. The molecule has 0 aliphatic heterocycles. The minimum Gasteiger partial charge on any atom is -0.483 e. The molecule has 0 unspecified atom stereocenters. The summed E-state index contributed by atoms with van der Waals surface area (Å²) >= 11 is 6.00. The van der Waals surface area contributed by atoms with Crippen molar-refractivity contribution in [2.45, 2.75) is 20.1 Å². The van der Waals surface area contributed by atoms with Crippen LogP contribution in [0, 0.1) is 6.92 Å². The van der Waals surface area contributed by atoms with Gasteiger partial charge in [0.15, 0.2) is 6.61 Å². The highest BCUT2D eigenvalue weighted by Crippen LogP contribution is 2.26. The first kappa shape index (κ1) is 11.9. The molecule has 0 saturated carbocycles. The minimum atomic E-state index is 0.203. The summed E-state index contributed by atoms with van der Waals surface area (Å²) in [5.41, 5.74) is 6.38. The Morgan fingerprint density at radius 3 is 2.88 bits per heavy atom. The summed E-state index contributed by atoms with van der Waals surface area (Å²) < 4.78 is 10.7. The highest BCUT2D eigenvalue weighted by Gasteiger charge is 2.08. The lowest BCUT2D eigenvalue weighted by molar-refractivity contribution is 0.258. The van der Waals surface area contributed by atoms with Gasteiger partial charge >= 0.3 is 0 Å². The topological polar surface area (TPSA) is 74.2 Å². The molecule has 5 nitrogen and oxygen atoms in total. The molecule has 0 bridgehead atoms. The molecule has 17 heavy (non-hydrogen) atoms. The molecule has 0 aliphatic rings. The second-order valence-corrected chi connectivity index (χ2v) is 3.83. The number of ether oxygens (including phenoxy) is 1. The second-order valence-electron chi connectivity index (χ2n) is 3.42. The number of benzene rings is 1. The van der Waals surface area contributed by atoms with Crippen molar-refractivity contribution in [3.63, 3.8) is 0 Å². The van der Waals surface area contributed by atoms with E-state index in [1.165, 1.54) is 0 Å². The lowest BCUT2D eigenvalue weighted by Crippen LogP contribution is -2.03. The fraction of sp³-hybridized carbons (Fsp3) is 0.273. The van der Waals surface area contributed by atoms with Crippen molar-refractivity contribution in [3.8, 4) is 5.75 Å². The zero-order valence-electron chi connectivity index (χ0n) is 9.31. The summed E-state index contributed by atoms with van der Waals surface area (Å²) in [6, 6.07) is 5.38. The Labute approximate surface area is 104 Å². The normalized spacial score (nSPS) is 10.5.